The highest BCUT2D eigenvalue weighted by Gasteiger charge is 2.33. The summed E-state index contributed by atoms with van der Waals surface area (Å²) in [6.45, 7) is 4.91. The van der Waals surface area contributed by atoms with Gasteiger partial charge < -0.3 is 15.0 Å². The first-order valence-electron chi connectivity index (χ1n) is 14.3. The van der Waals surface area contributed by atoms with Crippen LogP contribution in [0.25, 0.3) is 0 Å². The average Bonchev–Trinajstić information content (AvgIpc) is 3.49. The van der Waals surface area contributed by atoms with Crippen LogP contribution in [0.4, 0.5) is 10.1 Å². The molecule has 0 bridgehead atoms. The predicted octanol–water partition coefficient (Wildman–Crippen LogP) is 5.20. The van der Waals surface area contributed by atoms with E-state index in [9.17, 15) is 22.4 Å². The van der Waals surface area contributed by atoms with E-state index in [1.165, 1.54) is 23.1 Å². The first-order valence-corrected chi connectivity index (χ1v) is 15.7. The van der Waals surface area contributed by atoms with Crippen molar-refractivity contribution in [2.75, 3.05) is 17.5 Å². The van der Waals surface area contributed by atoms with E-state index in [1.54, 1.807) is 61.5 Å². The van der Waals surface area contributed by atoms with Crippen LogP contribution in [0.1, 0.15) is 50.7 Å². The number of nitrogens with one attached hydrogen (secondary N) is 1. The topological polar surface area (TPSA) is 96.0 Å². The highest BCUT2D eigenvalue weighted by molar-refractivity contribution is 7.92. The summed E-state index contributed by atoms with van der Waals surface area (Å²) < 4.78 is 49.1. The van der Waals surface area contributed by atoms with Crippen molar-refractivity contribution in [2.45, 2.75) is 70.0 Å². The SMILES string of the molecule is CCOc1ccc(N(CC(=O)N(Cc2ccccc2F)C(C)C(=O)NC2CCCC2)S(=O)(=O)c2ccc(C)cc2)cc1. The summed E-state index contributed by atoms with van der Waals surface area (Å²) in [7, 11) is -4.20. The van der Waals surface area contributed by atoms with E-state index in [1.807, 2.05) is 13.8 Å². The minimum absolute atomic E-state index is 0.0162. The fourth-order valence-electron chi connectivity index (χ4n) is 5.03. The molecule has 1 aliphatic rings. The van der Waals surface area contributed by atoms with Crippen molar-refractivity contribution in [1.82, 2.24) is 10.2 Å². The molecule has 0 aliphatic heterocycles. The first-order chi connectivity index (χ1) is 20.1. The summed E-state index contributed by atoms with van der Waals surface area (Å²) >= 11 is 0. The maximum absolute atomic E-state index is 14.7. The molecule has 2 amide bonds. The second kappa shape index (κ2) is 13.8. The van der Waals surface area contributed by atoms with E-state index < -0.39 is 34.3 Å². The zero-order chi connectivity index (χ0) is 30.3. The number of rotatable bonds is 12. The van der Waals surface area contributed by atoms with E-state index in [2.05, 4.69) is 5.32 Å². The number of benzene rings is 3. The Balaban J connectivity index is 1.69. The Morgan fingerprint density at radius 1 is 1.00 bits per heavy atom. The van der Waals surface area contributed by atoms with Crippen LogP contribution in [0.2, 0.25) is 0 Å². The third-order valence-electron chi connectivity index (χ3n) is 7.49. The van der Waals surface area contributed by atoms with Crippen LogP contribution in [-0.2, 0) is 26.2 Å². The maximum atomic E-state index is 14.7. The second-order valence-corrected chi connectivity index (χ2v) is 12.4. The van der Waals surface area contributed by atoms with Gasteiger partial charge in [0.1, 0.15) is 24.2 Å². The highest BCUT2D eigenvalue weighted by Crippen LogP contribution is 2.27. The maximum Gasteiger partial charge on any atom is 0.264 e. The Labute approximate surface area is 247 Å². The number of nitrogens with zero attached hydrogens (tertiary/aromatic N) is 2. The van der Waals surface area contributed by atoms with Gasteiger partial charge in [0.25, 0.3) is 10.0 Å². The second-order valence-electron chi connectivity index (χ2n) is 10.5. The number of carbonyl (C=O) groups excluding carboxylic acids is 2. The molecule has 1 unspecified atom stereocenters. The minimum atomic E-state index is -4.20. The van der Waals surface area contributed by atoms with Gasteiger partial charge in [-0.25, -0.2) is 12.8 Å². The van der Waals surface area contributed by atoms with Crippen LogP contribution < -0.4 is 14.4 Å². The number of sulfonamides is 1. The molecule has 42 heavy (non-hydrogen) atoms. The molecule has 8 nitrogen and oxygen atoms in total. The molecule has 0 heterocycles. The Hall–Kier alpha value is -3.92. The summed E-state index contributed by atoms with van der Waals surface area (Å²) in [4.78, 5) is 28.6. The molecule has 3 aromatic carbocycles. The standard InChI is InChI=1S/C32H38FN3O5S/c1-4-41-28-17-15-27(16-18-28)36(42(39,40)29-19-13-23(2)14-20-29)22-31(37)35(21-25-9-5-8-12-30(25)33)24(3)32(38)34-26-10-6-7-11-26/h5,8-9,12-20,24,26H,4,6-7,10-11,21-22H2,1-3H3,(H,34,38). The fraction of sp³-hybridized carbons (Fsp3) is 0.375. The summed E-state index contributed by atoms with van der Waals surface area (Å²) in [5.74, 6) is -0.967. The molecule has 224 valence electrons. The smallest absolute Gasteiger partial charge is 0.264 e. The van der Waals surface area contributed by atoms with Crippen molar-refractivity contribution in [2.24, 2.45) is 0 Å². The Bertz CT molecular complexity index is 1470. The summed E-state index contributed by atoms with van der Waals surface area (Å²) in [5, 5.41) is 3.01. The number of carbonyl (C=O) groups is 2. The van der Waals surface area contributed by atoms with E-state index in [4.69, 9.17) is 4.74 Å². The molecule has 0 aromatic heterocycles. The first kappa shape index (κ1) is 31.0. The number of hydrogen-bond acceptors (Lipinski definition) is 5. The molecule has 4 rings (SSSR count). The number of ether oxygens (including phenoxy) is 1. The monoisotopic (exact) mass is 595 g/mol. The lowest BCUT2D eigenvalue weighted by Crippen LogP contribution is -2.52. The van der Waals surface area contributed by atoms with Crippen LogP contribution in [0.5, 0.6) is 5.75 Å². The molecule has 3 aromatic rings. The molecule has 0 spiro atoms. The van der Waals surface area contributed by atoms with Gasteiger partial charge in [0, 0.05) is 18.2 Å². The van der Waals surface area contributed by atoms with Gasteiger partial charge in [0.2, 0.25) is 11.8 Å². The Morgan fingerprint density at radius 3 is 2.26 bits per heavy atom. The summed E-state index contributed by atoms with van der Waals surface area (Å²) in [6.07, 6.45) is 3.76. The van der Waals surface area contributed by atoms with Crippen LogP contribution in [-0.4, -0.2) is 50.4 Å². The van der Waals surface area contributed by atoms with E-state index in [0.717, 1.165) is 35.6 Å². The van der Waals surface area contributed by atoms with Gasteiger partial charge in [-0.05, 0) is 76.1 Å². The van der Waals surface area contributed by atoms with Crippen LogP contribution in [0.3, 0.4) is 0 Å². The molecule has 1 saturated carbocycles. The van der Waals surface area contributed by atoms with Crippen LogP contribution in [0, 0.1) is 12.7 Å². The van der Waals surface area contributed by atoms with Crippen molar-refractivity contribution in [1.29, 1.82) is 0 Å². The number of hydrogen-bond donors (Lipinski definition) is 1. The third kappa shape index (κ3) is 7.47. The van der Waals surface area contributed by atoms with Gasteiger partial charge in [0.05, 0.1) is 17.2 Å². The van der Waals surface area contributed by atoms with E-state index >= 15 is 0 Å². The van der Waals surface area contributed by atoms with Gasteiger partial charge in [-0.1, -0.05) is 48.7 Å². The number of anilines is 1. The lowest BCUT2D eigenvalue weighted by Gasteiger charge is -2.32. The quantitative estimate of drug-likeness (QED) is 0.310. The lowest BCUT2D eigenvalue weighted by atomic mass is 10.1. The molecule has 10 heteroatoms. The van der Waals surface area contributed by atoms with Gasteiger partial charge in [-0.3, -0.25) is 13.9 Å². The number of aryl methyl sites for hydroxylation is 1. The zero-order valence-electron chi connectivity index (χ0n) is 24.3. The minimum Gasteiger partial charge on any atom is -0.494 e. The van der Waals surface area contributed by atoms with Crippen LogP contribution in [0.15, 0.2) is 77.7 Å². The molecular weight excluding hydrogens is 557 g/mol. The van der Waals surface area contributed by atoms with E-state index in [-0.39, 0.29) is 34.6 Å². The summed E-state index contributed by atoms with van der Waals surface area (Å²) in [5.41, 5.74) is 1.36. The van der Waals surface area contributed by atoms with E-state index in [0.29, 0.717) is 12.4 Å². The Kier molecular flexibility index (Phi) is 10.2. The van der Waals surface area contributed by atoms with Gasteiger partial charge in [-0.15, -0.1) is 0 Å². The fourth-order valence-corrected chi connectivity index (χ4v) is 6.44. The highest BCUT2D eigenvalue weighted by atomic mass is 32.2. The van der Waals surface area contributed by atoms with Crippen molar-refractivity contribution < 1.29 is 27.1 Å². The van der Waals surface area contributed by atoms with Crippen molar-refractivity contribution in [3.05, 3.63) is 89.7 Å². The summed E-state index contributed by atoms with van der Waals surface area (Å²) in [6, 6.07) is 17.8. The number of halogens is 1. The van der Waals surface area contributed by atoms with Crippen molar-refractivity contribution in [3.8, 4) is 5.75 Å². The zero-order valence-corrected chi connectivity index (χ0v) is 25.1. The molecular formula is C32H38FN3O5S. The predicted molar refractivity (Wildman–Crippen MR) is 160 cm³/mol. The normalized spacial score (nSPS) is 14.3. The largest absolute Gasteiger partial charge is 0.494 e. The molecule has 1 aliphatic carbocycles. The van der Waals surface area contributed by atoms with Crippen LogP contribution >= 0.6 is 0 Å². The van der Waals surface area contributed by atoms with Crippen molar-refractivity contribution >= 4 is 27.5 Å². The third-order valence-corrected chi connectivity index (χ3v) is 9.28. The molecule has 0 saturated heterocycles. The molecule has 1 atom stereocenters. The van der Waals surface area contributed by atoms with Gasteiger partial charge >= 0.3 is 0 Å². The molecule has 0 radical (unpaired) electrons. The van der Waals surface area contributed by atoms with Gasteiger partial charge in [0.15, 0.2) is 0 Å². The van der Waals surface area contributed by atoms with Gasteiger partial charge in [-0.2, -0.15) is 0 Å². The average molecular weight is 596 g/mol. The number of amides is 2. The Morgan fingerprint density at radius 2 is 1.64 bits per heavy atom. The molecule has 1 N–H and O–H groups in total. The van der Waals surface area contributed by atoms with Crippen molar-refractivity contribution in [3.63, 3.8) is 0 Å². The molecule has 1 fully saturated rings. The lowest BCUT2D eigenvalue weighted by molar-refractivity contribution is -0.139.